The molecular weight excluding hydrogens is 214 g/mol. The molecule has 4 nitrogen and oxygen atoms in total. The Balaban J connectivity index is 1.78. The van der Waals surface area contributed by atoms with Crippen molar-refractivity contribution in [3.05, 3.63) is 22.4 Å². The number of nitrogens with one attached hydrogen (secondary N) is 1. The van der Waals surface area contributed by atoms with Crippen LogP contribution in [-0.4, -0.2) is 29.8 Å². The second kappa shape index (κ2) is 4.74. The largest absolute Gasteiger partial charge is 0.459 e. The number of aliphatic hydroxyl groups excluding tert-OH is 1. The number of esters is 1. The highest BCUT2D eigenvalue weighted by atomic mass is 32.1. The van der Waals surface area contributed by atoms with Crippen molar-refractivity contribution in [2.45, 2.75) is 25.2 Å². The van der Waals surface area contributed by atoms with E-state index in [-0.39, 0.29) is 12.0 Å². The van der Waals surface area contributed by atoms with Crippen LogP contribution < -0.4 is 5.32 Å². The van der Waals surface area contributed by atoms with E-state index in [1.165, 1.54) is 0 Å². The van der Waals surface area contributed by atoms with Crippen LogP contribution in [0.4, 0.5) is 0 Å². The van der Waals surface area contributed by atoms with Crippen molar-refractivity contribution in [2.24, 2.45) is 0 Å². The number of β-amino-alcohol motifs (C(OH)–C–C–N with tert-alkyl or cyclic N) is 1. The second-order valence-electron chi connectivity index (χ2n) is 3.54. The summed E-state index contributed by atoms with van der Waals surface area (Å²) in [5.74, 6) is -0.278. The number of hydrogen-bond donors (Lipinski definition) is 2. The zero-order chi connectivity index (χ0) is 10.7. The standard InChI is InChI=1S/C10H13NO3S/c12-7-4-9(11-5-7)10(13)14-6-8-2-1-3-15-8/h1-3,7,9,11-12H,4-6H2/t7-,9+/m1/s1. The molecule has 0 aromatic carbocycles. The molecule has 2 rings (SSSR count). The van der Waals surface area contributed by atoms with E-state index in [0.717, 1.165) is 4.88 Å². The Morgan fingerprint density at radius 2 is 2.60 bits per heavy atom. The van der Waals surface area contributed by atoms with Crippen molar-refractivity contribution in [1.29, 1.82) is 0 Å². The molecule has 1 aromatic heterocycles. The summed E-state index contributed by atoms with van der Waals surface area (Å²) < 4.78 is 5.12. The zero-order valence-corrected chi connectivity index (χ0v) is 9.00. The van der Waals surface area contributed by atoms with Crippen molar-refractivity contribution in [2.75, 3.05) is 6.54 Å². The number of rotatable bonds is 3. The van der Waals surface area contributed by atoms with Crippen LogP contribution in [0.3, 0.4) is 0 Å². The first kappa shape index (κ1) is 10.6. The smallest absolute Gasteiger partial charge is 0.323 e. The van der Waals surface area contributed by atoms with E-state index in [1.807, 2.05) is 17.5 Å². The molecule has 15 heavy (non-hydrogen) atoms. The molecule has 0 saturated carbocycles. The van der Waals surface area contributed by atoms with E-state index in [1.54, 1.807) is 11.3 Å². The van der Waals surface area contributed by atoms with E-state index in [0.29, 0.717) is 19.6 Å². The SMILES string of the molecule is O=C(OCc1cccs1)[C@@H]1C[C@@H](O)CN1. The molecule has 0 spiro atoms. The van der Waals surface area contributed by atoms with Gasteiger partial charge >= 0.3 is 5.97 Å². The average molecular weight is 227 g/mol. The minimum absolute atomic E-state index is 0.278. The van der Waals surface area contributed by atoms with Gasteiger partial charge in [0.15, 0.2) is 0 Å². The van der Waals surface area contributed by atoms with Crippen LogP contribution in [0.1, 0.15) is 11.3 Å². The van der Waals surface area contributed by atoms with Crippen molar-refractivity contribution >= 4 is 17.3 Å². The summed E-state index contributed by atoms with van der Waals surface area (Å²) in [7, 11) is 0. The van der Waals surface area contributed by atoms with Gasteiger partial charge in [-0.1, -0.05) is 6.07 Å². The highest BCUT2D eigenvalue weighted by Crippen LogP contribution is 2.12. The number of thiophene rings is 1. The number of carbonyl (C=O) groups is 1. The fourth-order valence-electron chi connectivity index (χ4n) is 1.53. The highest BCUT2D eigenvalue weighted by Gasteiger charge is 2.29. The Morgan fingerprint density at radius 3 is 3.20 bits per heavy atom. The summed E-state index contributed by atoms with van der Waals surface area (Å²) in [6, 6.07) is 3.50. The molecule has 0 bridgehead atoms. The van der Waals surface area contributed by atoms with Gasteiger partial charge < -0.3 is 15.2 Å². The third-order valence-corrected chi connectivity index (χ3v) is 3.18. The van der Waals surface area contributed by atoms with Gasteiger partial charge in [-0.15, -0.1) is 11.3 Å². The predicted octanol–water partition coefficient (Wildman–Crippen LogP) is 0.514. The van der Waals surface area contributed by atoms with Gasteiger partial charge in [0.05, 0.1) is 6.10 Å². The monoisotopic (exact) mass is 227 g/mol. The Morgan fingerprint density at radius 1 is 1.73 bits per heavy atom. The molecule has 1 saturated heterocycles. The highest BCUT2D eigenvalue weighted by molar-refractivity contribution is 7.09. The first-order valence-electron chi connectivity index (χ1n) is 4.86. The molecule has 2 atom stereocenters. The molecule has 1 fully saturated rings. The minimum atomic E-state index is -0.427. The summed E-state index contributed by atoms with van der Waals surface area (Å²) in [5, 5.41) is 14.1. The second-order valence-corrected chi connectivity index (χ2v) is 4.57. The Hall–Kier alpha value is -0.910. The number of ether oxygens (including phenoxy) is 1. The molecule has 0 aliphatic carbocycles. The lowest BCUT2D eigenvalue weighted by Gasteiger charge is -2.08. The van der Waals surface area contributed by atoms with Gasteiger partial charge in [0.2, 0.25) is 0 Å². The van der Waals surface area contributed by atoms with Crippen LogP contribution in [0, 0.1) is 0 Å². The van der Waals surface area contributed by atoms with Crippen LogP contribution in [-0.2, 0) is 16.1 Å². The van der Waals surface area contributed by atoms with Gasteiger partial charge in [-0.3, -0.25) is 4.79 Å². The van der Waals surface area contributed by atoms with Crippen LogP contribution in [0.5, 0.6) is 0 Å². The molecule has 2 N–H and O–H groups in total. The summed E-state index contributed by atoms with van der Waals surface area (Å²) in [4.78, 5) is 12.5. The molecule has 0 amide bonds. The van der Waals surface area contributed by atoms with Crippen LogP contribution in [0.15, 0.2) is 17.5 Å². The third-order valence-electron chi connectivity index (χ3n) is 2.33. The maximum atomic E-state index is 11.5. The van der Waals surface area contributed by atoms with Gasteiger partial charge in [-0.25, -0.2) is 0 Å². The van der Waals surface area contributed by atoms with Crippen LogP contribution >= 0.6 is 11.3 Å². The summed E-state index contributed by atoms with van der Waals surface area (Å²) in [6.45, 7) is 0.795. The normalized spacial score (nSPS) is 25.4. The quantitative estimate of drug-likeness (QED) is 0.739. The summed E-state index contributed by atoms with van der Waals surface area (Å²) >= 11 is 1.56. The fraction of sp³-hybridized carbons (Fsp3) is 0.500. The van der Waals surface area contributed by atoms with E-state index in [2.05, 4.69) is 5.32 Å². The van der Waals surface area contributed by atoms with E-state index in [9.17, 15) is 9.90 Å². The first-order valence-corrected chi connectivity index (χ1v) is 5.74. The van der Waals surface area contributed by atoms with Gasteiger partial charge in [0, 0.05) is 17.8 Å². The predicted molar refractivity (Wildman–Crippen MR) is 56.5 cm³/mol. The Kier molecular flexibility index (Phi) is 3.35. The lowest BCUT2D eigenvalue weighted by atomic mass is 10.2. The van der Waals surface area contributed by atoms with Crippen LogP contribution in [0.25, 0.3) is 0 Å². The maximum Gasteiger partial charge on any atom is 0.323 e. The lowest BCUT2D eigenvalue weighted by molar-refractivity contribution is -0.147. The summed E-state index contributed by atoms with van der Waals surface area (Å²) in [5.41, 5.74) is 0. The van der Waals surface area contributed by atoms with Crippen molar-refractivity contribution < 1.29 is 14.6 Å². The molecule has 1 aliphatic rings. The third kappa shape index (κ3) is 2.77. The van der Waals surface area contributed by atoms with E-state index < -0.39 is 6.10 Å². The minimum Gasteiger partial charge on any atom is -0.459 e. The lowest BCUT2D eigenvalue weighted by Crippen LogP contribution is -2.32. The van der Waals surface area contributed by atoms with Gasteiger partial charge in [-0.2, -0.15) is 0 Å². The maximum absolute atomic E-state index is 11.5. The van der Waals surface area contributed by atoms with Crippen molar-refractivity contribution in [1.82, 2.24) is 5.32 Å². The number of carbonyl (C=O) groups excluding carboxylic acids is 1. The molecule has 0 radical (unpaired) electrons. The molecule has 5 heteroatoms. The number of hydrogen-bond acceptors (Lipinski definition) is 5. The van der Waals surface area contributed by atoms with Crippen molar-refractivity contribution in [3.63, 3.8) is 0 Å². The van der Waals surface area contributed by atoms with Crippen molar-refractivity contribution in [3.8, 4) is 0 Å². The molecule has 0 unspecified atom stereocenters. The molecule has 82 valence electrons. The van der Waals surface area contributed by atoms with Gasteiger partial charge in [0.25, 0.3) is 0 Å². The topological polar surface area (TPSA) is 58.6 Å². The fourth-order valence-corrected chi connectivity index (χ4v) is 2.15. The zero-order valence-electron chi connectivity index (χ0n) is 8.18. The molecule has 1 aromatic rings. The van der Waals surface area contributed by atoms with Gasteiger partial charge in [-0.05, 0) is 11.4 Å². The Labute approximate surface area is 91.9 Å². The molecular formula is C10H13NO3S. The molecule has 1 aliphatic heterocycles. The first-order chi connectivity index (χ1) is 7.25. The Bertz CT molecular complexity index is 325. The molecule has 2 heterocycles. The van der Waals surface area contributed by atoms with E-state index in [4.69, 9.17) is 4.74 Å². The average Bonchev–Trinajstić information content (AvgIpc) is 2.84. The number of aliphatic hydroxyl groups is 1. The van der Waals surface area contributed by atoms with Gasteiger partial charge in [0.1, 0.15) is 12.6 Å². The van der Waals surface area contributed by atoms with Crippen LogP contribution in [0.2, 0.25) is 0 Å². The summed E-state index contributed by atoms with van der Waals surface area (Å²) in [6.07, 6.45) is 0.0211. The van der Waals surface area contributed by atoms with E-state index >= 15 is 0 Å².